The van der Waals surface area contributed by atoms with Crippen LogP contribution in [0.1, 0.15) is 48.9 Å². The molecule has 0 spiro atoms. The summed E-state index contributed by atoms with van der Waals surface area (Å²) >= 11 is 0. The van der Waals surface area contributed by atoms with Crippen LogP contribution in [0, 0.1) is 5.41 Å². The summed E-state index contributed by atoms with van der Waals surface area (Å²) in [5.41, 5.74) is 8.14. The monoisotopic (exact) mass is 317 g/mol. The Kier molecular flexibility index (Phi) is 3.38. The van der Waals surface area contributed by atoms with Gasteiger partial charge in [0, 0.05) is 18.0 Å². The quantitative estimate of drug-likeness (QED) is 0.792. The van der Waals surface area contributed by atoms with Gasteiger partial charge in [-0.25, -0.2) is 0 Å². The molecule has 0 aliphatic heterocycles. The summed E-state index contributed by atoms with van der Waals surface area (Å²) in [6.07, 6.45) is 4.56. The number of hydrogen-bond donors (Lipinski definition) is 1. The van der Waals surface area contributed by atoms with Crippen LogP contribution in [-0.4, -0.2) is 5.91 Å². The Morgan fingerprint density at radius 3 is 2.67 bits per heavy atom. The van der Waals surface area contributed by atoms with E-state index in [1.54, 1.807) is 6.92 Å². The molecule has 4 rings (SSSR count). The first-order valence-corrected chi connectivity index (χ1v) is 8.67. The summed E-state index contributed by atoms with van der Waals surface area (Å²) in [7, 11) is 0. The maximum Gasteiger partial charge on any atom is 0.221 e. The molecule has 0 radical (unpaired) electrons. The molecule has 2 aliphatic carbocycles. The zero-order valence-electron chi connectivity index (χ0n) is 14.5. The van der Waals surface area contributed by atoms with E-state index in [0.29, 0.717) is 5.92 Å². The number of allylic oxidation sites excluding steroid dienone is 2. The predicted octanol–water partition coefficient (Wildman–Crippen LogP) is 4.95. The fourth-order valence-electron chi connectivity index (χ4n) is 4.47. The van der Waals surface area contributed by atoms with Gasteiger partial charge in [-0.05, 0) is 58.7 Å². The highest BCUT2D eigenvalue weighted by atomic mass is 16.1. The molecule has 0 saturated carbocycles. The van der Waals surface area contributed by atoms with Crippen molar-refractivity contribution in [3.05, 3.63) is 70.8 Å². The molecule has 24 heavy (non-hydrogen) atoms. The minimum absolute atomic E-state index is 0.0186. The molecule has 1 amide bonds. The zero-order valence-corrected chi connectivity index (χ0v) is 14.5. The molecule has 2 nitrogen and oxygen atoms in total. The zero-order chi connectivity index (χ0) is 16.9. The minimum Gasteiger partial charge on any atom is -0.326 e. The van der Waals surface area contributed by atoms with E-state index in [9.17, 15) is 4.79 Å². The molecular formula is C22H23NO. The van der Waals surface area contributed by atoms with Crippen molar-refractivity contribution < 1.29 is 4.79 Å². The van der Waals surface area contributed by atoms with Crippen LogP contribution in [0.4, 0.5) is 5.69 Å². The summed E-state index contributed by atoms with van der Waals surface area (Å²) < 4.78 is 0. The number of fused-ring (bicyclic) bond motifs is 4. The number of carbonyl (C=O) groups is 1. The Bertz CT molecular complexity index is 864. The van der Waals surface area contributed by atoms with Crippen LogP contribution in [0.5, 0.6) is 0 Å². The van der Waals surface area contributed by atoms with Crippen molar-refractivity contribution in [2.24, 2.45) is 5.41 Å². The molecule has 0 saturated heterocycles. The normalized spacial score (nSPS) is 24.3. The van der Waals surface area contributed by atoms with Gasteiger partial charge in [-0.15, -0.1) is 0 Å². The summed E-state index contributed by atoms with van der Waals surface area (Å²) in [5.74, 6) is 0.365. The van der Waals surface area contributed by atoms with E-state index in [0.717, 1.165) is 18.5 Å². The van der Waals surface area contributed by atoms with E-state index in [2.05, 4.69) is 61.6 Å². The third-order valence-corrected chi connectivity index (χ3v) is 5.49. The summed E-state index contributed by atoms with van der Waals surface area (Å²) in [6.45, 7) is 6.21. The number of carbonyl (C=O) groups excluding carboxylic acids is 1. The van der Waals surface area contributed by atoms with Crippen molar-refractivity contribution in [1.82, 2.24) is 0 Å². The lowest BCUT2D eigenvalue weighted by Gasteiger charge is -2.26. The van der Waals surface area contributed by atoms with Crippen molar-refractivity contribution in [2.45, 2.75) is 39.5 Å². The fraction of sp³-hybridized carbons (Fsp3) is 0.318. The third kappa shape index (κ3) is 2.37. The lowest BCUT2D eigenvalue weighted by atomic mass is 9.78. The van der Waals surface area contributed by atoms with Gasteiger partial charge in [0.2, 0.25) is 5.91 Å². The van der Waals surface area contributed by atoms with Crippen molar-refractivity contribution in [3.8, 4) is 0 Å². The van der Waals surface area contributed by atoms with Crippen molar-refractivity contribution >= 4 is 17.2 Å². The number of benzene rings is 2. The maximum atomic E-state index is 11.4. The summed E-state index contributed by atoms with van der Waals surface area (Å²) in [5, 5.41) is 2.92. The van der Waals surface area contributed by atoms with Crippen LogP contribution in [-0.2, 0) is 17.6 Å². The van der Waals surface area contributed by atoms with Gasteiger partial charge >= 0.3 is 0 Å². The first-order chi connectivity index (χ1) is 11.5. The number of hydrogen-bond acceptors (Lipinski definition) is 1. The highest BCUT2D eigenvalue weighted by Crippen LogP contribution is 2.52. The summed E-state index contributed by atoms with van der Waals surface area (Å²) in [6, 6.07) is 15.2. The molecule has 0 fully saturated rings. The Labute approximate surface area is 143 Å². The second-order valence-corrected chi connectivity index (χ2v) is 7.54. The van der Waals surface area contributed by atoms with Crippen LogP contribution in [0.25, 0.3) is 5.57 Å². The molecule has 2 aliphatic rings. The van der Waals surface area contributed by atoms with E-state index >= 15 is 0 Å². The predicted molar refractivity (Wildman–Crippen MR) is 99.1 cm³/mol. The Morgan fingerprint density at radius 1 is 1.12 bits per heavy atom. The van der Waals surface area contributed by atoms with Crippen LogP contribution >= 0.6 is 0 Å². The number of rotatable bonds is 1. The van der Waals surface area contributed by atoms with Gasteiger partial charge in [-0.1, -0.05) is 50.3 Å². The molecule has 122 valence electrons. The van der Waals surface area contributed by atoms with Crippen LogP contribution in [0.3, 0.4) is 0 Å². The second-order valence-electron chi connectivity index (χ2n) is 7.54. The molecule has 2 unspecified atom stereocenters. The first kappa shape index (κ1) is 15.2. The fourth-order valence-corrected chi connectivity index (χ4v) is 4.47. The van der Waals surface area contributed by atoms with Gasteiger partial charge in [0.05, 0.1) is 0 Å². The smallest absolute Gasteiger partial charge is 0.221 e. The van der Waals surface area contributed by atoms with E-state index in [4.69, 9.17) is 0 Å². The van der Waals surface area contributed by atoms with Crippen molar-refractivity contribution in [1.29, 1.82) is 0 Å². The van der Waals surface area contributed by atoms with E-state index < -0.39 is 0 Å². The largest absolute Gasteiger partial charge is 0.326 e. The molecule has 2 heteroatoms. The second kappa shape index (κ2) is 5.34. The molecule has 0 heterocycles. The van der Waals surface area contributed by atoms with E-state index in [1.165, 1.54) is 27.8 Å². The van der Waals surface area contributed by atoms with Gasteiger partial charge in [-0.3, -0.25) is 4.79 Å². The Hall–Kier alpha value is -2.35. The average molecular weight is 317 g/mol. The van der Waals surface area contributed by atoms with Gasteiger partial charge in [0.25, 0.3) is 0 Å². The van der Waals surface area contributed by atoms with Crippen molar-refractivity contribution in [3.63, 3.8) is 0 Å². The van der Waals surface area contributed by atoms with Crippen LogP contribution in [0.2, 0.25) is 0 Å². The SMILES string of the molecule is CC(=O)Nc1ccc2c(c1)CC1(C)Cc3ccccc3C1=CC2C. The minimum atomic E-state index is -0.0186. The molecule has 2 atom stereocenters. The number of amides is 1. The molecule has 0 aromatic heterocycles. The first-order valence-electron chi connectivity index (χ1n) is 8.67. The lowest BCUT2D eigenvalue weighted by Crippen LogP contribution is -2.19. The Balaban J connectivity index is 1.81. The van der Waals surface area contributed by atoms with E-state index in [1.807, 2.05) is 6.07 Å². The molecule has 1 N–H and O–H groups in total. The van der Waals surface area contributed by atoms with Gasteiger partial charge < -0.3 is 5.32 Å². The van der Waals surface area contributed by atoms with E-state index in [-0.39, 0.29) is 11.3 Å². The van der Waals surface area contributed by atoms with Crippen LogP contribution in [0.15, 0.2) is 48.5 Å². The van der Waals surface area contributed by atoms with Gasteiger partial charge in [0.1, 0.15) is 0 Å². The molecule has 0 bridgehead atoms. The molecular weight excluding hydrogens is 294 g/mol. The van der Waals surface area contributed by atoms with Gasteiger partial charge in [-0.2, -0.15) is 0 Å². The Morgan fingerprint density at radius 2 is 1.88 bits per heavy atom. The molecule has 2 aromatic carbocycles. The standard InChI is InChI=1S/C22H23NO/c1-14-10-21-20-7-5-4-6-16(20)12-22(21,3)13-17-11-18(23-15(2)24)8-9-19(14)17/h4-11,14H,12-13H2,1-3H3,(H,23,24). The highest BCUT2D eigenvalue weighted by molar-refractivity contribution is 5.89. The third-order valence-electron chi connectivity index (χ3n) is 5.49. The highest BCUT2D eigenvalue weighted by Gasteiger charge is 2.40. The topological polar surface area (TPSA) is 29.1 Å². The maximum absolute atomic E-state index is 11.4. The number of nitrogens with one attached hydrogen (secondary N) is 1. The average Bonchev–Trinajstić information content (AvgIpc) is 2.73. The van der Waals surface area contributed by atoms with Crippen LogP contribution < -0.4 is 5.32 Å². The lowest BCUT2D eigenvalue weighted by molar-refractivity contribution is -0.114. The van der Waals surface area contributed by atoms with Crippen molar-refractivity contribution in [2.75, 3.05) is 5.32 Å². The van der Waals surface area contributed by atoms with Gasteiger partial charge in [0.15, 0.2) is 0 Å². The number of anilines is 1. The summed E-state index contributed by atoms with van der Waals surface area (Å²) in [4.78, 5) is 11.4. The molecule has 2 aromatic rings.